The highest BCUT2D eigenvalue weighted by Gasteiger charge is 2.52. The Morgan fingerprint density at radius 2 is 1.97 bits per heavy atom. The fourth-order valence-corrected chi connectivity index (χ4v) is 6.77. The molecule has 0 amide bonds. The van der Waals surface area contributed by atoms with Gasteiger partial charge in [0.15, 0.2) is 8.32 Å². The van der Waals surface area contributed by atoms with Gasteiger partial charge in [-0.15, -0.1) is 10.2 Å². The first-order valence-corrected chi connectivity index (χ1v) is 15.7. The molecule has 8 heteroatoms. The average Bonchev–Trinajstić information content (AvgIpc) is 3.39. The minimum absolute atomic E-state index is 0.0341. The van der Waals surface area contributed by atoms with E-state index < -0.39 is 8.32 Å². The topological polar surface area (TPSA) is 39.9 Å². The standard InChI is InChI=1S/C23H33BrFN3OSSi/c1-21(2,3)31(5,6)29-15-22(4)14-19-26-27-20(28(19)11-12-30-22)23(9-10-23)17-8-7-16(24)13-18(17)25/h7-8,13H,9-12,14-15H2,1-6H3. The van der Waals surface area contributed by atoms with Crippen LogP contribution in [0, 0.1) is 5.82 Å². The summed E-state index contributed by atoms with van der Waals surface area (Å²) in [6, 6.07) is 5.38. The minimum atomic E-state index is -1.82. The van der Waals surface area contributed by atoms with Crippen LogP contribution in [-0.2, 0) is 22.8 Å². The average molecular weight is 527 g/mol. The van der Waals surface area contributed by atoms with Crippen molar-refractivity contribution in [3.05, 3.63) is 45.7 Å². The first kappa shape index (κ1) is 23.5. The van der Waals surface area contributed by atoms with Gasteiger partial charge in [0, 0.05) is 40.1 Å². The van der Waals surface area contributed by atoms with E-state index in [1.165, 1.54) is 0 Å². The van der Waals surface area contributed by atoms with Gasteiger partial charge in [-0.25, -0.2) is 4.39 Å². The van der Waals surface area contributed by atoms with Gasteiger partial charge in [0.05, 0.1) is 5.41 Å². The molecule has 2 aliphatic rings. The predicted molar refractivity (Wildman–Crippen MR) is 132 cm³/mol. The fourth-order valence-electron chi connectivity index (χ4n) is 4.08. The van der Waals surface area contributed by atoms with Crippen molar-refractivity contribution in [1.82, 2.24) is 14.8 Å². The Hall–Kier alpha value is -0.703. The smallest absolute Gasteiger partial charge is 0.192 e. The molecule has 1 unspecified atom stereocenters. The number of hydrogen-bond donors (Lipinski definition) is 0. The molecule has 4 nitrogen and oxygen atoms in total. The summed E-state index contributed by atoms with van der Waals surface area (Å²) in [5.74, 6) is 2.75. The molecule has 0 radical (unpaired) electrons. The van der Waals surface area contributed by atoms with Crippen LogP contribution in [0.25, 0.3) is 0 Å². The van der Waals surface area contributed by atoms with Gasteiger partial charge in [0.1, 0.15) is 17.5 Å². The quantitative estimate of drug-likeness (QED) is 0.427. The van der Waals surface area contributed by atoms with E-state index in [4.69, 9.17) is 4.43 Å². The van der Waals surface area contributed by atoms with Crippen LogP contribution in [0.15, 0.2) is 22.7 Å². The minimum Gasteiger partial charge on any atom is -0.415 e. The van der Waals surface area contributed by atoms with E-state index in [2.05, 4.69) is 71.5 Å². The normalized spacial score (nSPS) is 23.4. The summed E-state index contributed by atoms with van der Waals surface area (Å²) >= 11 is 5.34. The zero-order valence-electron chi connectivity index (χ0n) is 19.4. The molecule has 0 bridgehead atoms. The number of rotatable bonds is 5. The molecule has 31 heavy (non-hydrogen) atoms. The van der Waals surface area contributed by atoms with Gasteiger partial charge in [0.25, 0.3) is 0 Å². The van der Waals surface area contributed by atoms with E-state index in [0.717, 1.165) is 59.9 Å². The molecule has 2 aromatic rings. The third-order valence-electron chi connectivity index (χ3n) is 7.29. The van der Waals surface area contributed by atoms with E-state index in [9.17, 15) is 4.39 Å². The van der Waals surface area contributed by atoms with Crippen LogP contribution in [0.3, 0.4) is 0 Å². The summed E-state index contributed by atoms with van der Waals surface area (Å²) < 4.78 is 24.4. The van der Waals surface area contributed by atoms with Crippen molar-refractivity contribution in [2.45, 2.75) is 81.8 Å². The van der Waals surface area contributed by atoms with E-state index in [-0.39, 0.29) is 21.0 Å². The van der Waals surface area contributed by atoms with Crippen molar-refractivity contribution in [2.75, 3.05) is 12.4 Å². The van der Waals surface area contributed by atoms with Crippen molar-refractivity contribution >= 4 is 36.0 Å². The summed E-state index contributed by atoms with van der Waals surface area (Å²) in [7, 11) is -1.82. The SMILES string of the molecule is CC1(CO[Si](C)(C)C(C)(C)C)Cc2nnc(C3(c4ccc(Br)cc4F)CC3)n2CCS1. The molecule has 0 spiro atoms. The van der Waals surface area contributed by atoms with Crippen LogP contribution in [0.2, 0.25) is 18.1 Å². The van der Waals surface area contributed by atoms with Crippen LogP contribution in [0.4, 0.5) is 4.39 Å². The third kappa shape index (κ3) is 4.42. The number of halogens is 2. The molecule has 1 aliphatic carbocycles. The van der Waals surface area contributed by atoms with Crippen LogP contribution in [0.5, 0.6) is 0 Å². The summed E-state index contributed by atoms with van der Waals surface area (Å²) in [6.07, 6.45) is 2.66. The molecule has 170 valence electrons. The zero-order valence-corrected chi connectivity index (χ0v) is 22.8. The lowest BCUT2D eigenvalue weighted by atomic mass is 9.94. The molecule has 1 saturated carbocycles. The lowest BCUT2D eigenvalue weighted by Crippen LogP contribution is -2.45. The molecular weight excluding hydrogens is 493 g/mol. The Balaban J connectivity index is 1.59. The Kier molecular flexibility index (Phi) is 6.02. The Morgan fingerprint density at radius 1 is 1.26 bits per heavy atom. The molecular formula is C23H33BrFN3OSSi. The van der Waals surface area contributed by atoms with Crippen LogP contribution < -0.4 is 0 Å². The predicted octanol–water partition coefficient (Wildman–Crippen LogP) is 6.33. The number of nitrogens with zero attached hydrogens (tertiary/aromatic N) is 3. The van der Waals surface area contributed by atoms with Crippen molar-refractivity contribution in [3.8, 4) is 0 Å². The third-order valence-corrected chi connectivity index (χ3v) is 13.6. The largest absolute Gasteiger partial charge is 0.415 e. The summed E-state index contributed by atoms with van der Waals surface area (Å²) in [5, 5.41) is 9.42. The number of aromatic nitrogens is 3. The number of hydrogen-bond acceptors (Lipinski definition) is 4. The highest BCUT2D eigenvalue weighted by atomic mass is 79.9. The number of fused-ring (bicyclic) bond motifs is 1. The molecule has 0 saturated heterocycles. The Morgan fingerprint density at radius 3 is 2.58 bits per heavy atom. The van der Waals surface area contributed by atoms with Crippen molar-refractivity contribution in [2.24, 2.45) is 0 Å². The second kappa shape index (κ2) is 7.96. The maximum Gasteiger partial charge on any atom is 0.192 e. The molecule has 2 heterocycles. The maximum absolute atomic E-state index is 14.8. The van der Waals surface area contributed by atoms with Crippen LogP contribution in [-0.4, -0.2) is 40.2 Å². The van der Waals surface area contributed by atoms with E-state index in [0.29, 0.717) is 0 Å². The fraction of sp³-hybridized carbons (Fsp3) is 0.652. The van der Waals surface area contributed by atoms with Crippen molar-refractivity contribution < 1.29 is 8.82 Å². The highest BCUT2D eigenvalue weighted by Crippen LogP contribution is 2.54. The zero-order chi connectivity index (χ0) is 22.7. The first-order valence-electron chi connectivity index (χ1n) is 11.0. The molecule has 1 fully saturated rings. The van der Waals surface area contributed by atoms with E-state index >= 15 is 0 Å². The highest BCUT2D eigenvalue weighted by molar-refractivity contribution is 9.10. The van der Waals surface area contributed by atoms with Gasteiger partial charge in [-0.3, -0.25) is 0 Å². The lowest BCUT2D eigenvalue weighted by molar-refractivity contribution is 0.252. The van der Waals surface area contributed by atoms with Gasteiger partial charge in [-0.1, -0.05) is 42.8 Å². The summed E-state index contributed by atoms with van der Waals surface area (Å²) in [5.41, 5.74) is 0.408. The molecule has 4 rings (SSSR count). The van der Waals surface area contributed by atoms with Gasteiger partial charge in [-0.2, -0.15) is 11.8 Å². The van der Waals surface area contributed by atoms with Crippen LogP contribution >= 0.6 is 27.7 Å². The first-order chi connectivity index (χ1) is 14.4. The number of benzene rings is 1. The van der Waals surface area contributed by atoms with E-state index in [1.807, 2.05) is 23.9 Å². The van der Waals surface area contributed by atoms with Gasteiger partial charge < -0.3 is 8.99 Å². The monoisotopic (exact) mass is 525 g/mol. The molecule has 0 N–H and O–H groups in total. The van der Waals surface area contributed by atoms with E-state index in [1.54, 1.807) is 6.07 Å². The van der Waals surface area contributed by atoms with Crippen molar-refractivity contribution in [3.63, 3.8) is 0 Å². The maximum atomic E-state index is 14.8. The molecule has 1 aromatic carbocycles. The summed E-state index contributed by atoms with van der Waals surface area (Å²) in [6.45, 7) is 15.3. The second-order valence-corrected chi connectivity index (χ2v) is 18.2. The summed E-state index contributed by atoms with van der Waals surface area (Å²) in [4.78, 5) is 0. The number of thioether (sulfide) groups is 1. The second-order valence-electron chi connectivity index (χ2n) is 10.8. The molecule has 1 aliphatic heterocycles. The van der Waals surface area contributed by atoms with Crippen LogP contribution in [0.1, 0.15) is 57.7 Å². The Bertz CT molecular complexity index is 986. The van der Waals surface area contributed by atoms with Crippen molar-refractivity contribution in [1.29, 1.82) is 0 Å². The van der Waals surface area contributed by atoms with Gasteiger partial charge >= 0.3 is 0 Å². The van der Waals surface area contributed by atoms with Gasteiger partial charge in [0.2, 0.25) is 0 Å². The molecule has 1 aromatic heterocycles. The lowest BCUT2D eigenvalue weighted by Gasteiger charge is -2.39. The molecule has 1 atom stereocenters. The Labute approximate surface area is 199 Å². The van der Waals surface area contributed by atoms with Gasteiger partial charge in [-0.05, 0) is 50.0 Å².